The number of halogens is 1. The largest absolute Gasteiger partial charge is 0.391 e. The summed E-state index contributed by atoms with van der Waals surface area (Å²) in [6.45, 7) is 4.32. The lowest BCUT2D eigenvalue weighted by molar-refractivity contribution is -0.121. The lowest BCUT2D eigenvalue weighted by atomic mass is 10.0. The summed E-state index contributed by atoms with van der Waals surface area (Å²) in [7, 11) is 0. The minimum Gasteiger partial charge on any atom is -0.391 e. The zero-order chi connectivity index (χ0) is 13.5. The van der Waals surface area contributed by atoms with Gasteiger partial charge in [-0.15, -0.1) is 0 Å². The van der Waals surface area contributed by atoms with Gasteiger partial charge in [0.2, 0.25) is 5.91 Å². The second-order valence-corrected chi connectivity index (χ2v) is 5.38. The second kappa shape index (κ2) is 7.54. The minimum atomic E-state index is -0.474. The van der Waals surface area contributed by atoms with Crippen molar-refractivity contribution in [1.29, 1.82) is 0 Å². The standard InChI is InChI=1S/C14H20BrNO2/c1-3-10(2)13(17)9-16-14(18)8-11-6-4-5-7-12(11)15/h4-7,10,13,17H,3,8-9H2,1-2H3,(H,16,18). The molecule has 1 aromatic carbocycles. The zero-order valence-corrected chi connectivity index (χ0v) is 12.4. The van der Waals surface area contributed by atoms with Crippen molar-refractivity contribution in [3.8, 4) is 0 Å². The Labute approximate surface area is 117 Å². The third kappa shape index (κ3) is 4.78. The van der Waals surface area contributed by atoms with E-state index in [1.165, 1.54) is 0 Å². The molecule has 0 aliphatic carbocycles. The van der Waals surface area contributed by atoms with E-state index in [4.69, 9.17) is 0 Å². The van der Waals surface area contributed by atoms with Crippen molar-refractivity contribution < 1.29 is 9.90 Å². The third-order valence-corrected chi connectivity index (χ3v) is 3.89. The molecule has 0 bridgehead atoms. The summed E-state index contributed by atoms with van der Waals surface area (Å²) in [6.07, 6.45) is 0.758. The van der Waals surface area contributed by atoms with Crippen LogP contribution in [0.25, 0.3) is 0 Å². The van der Waals surface area contributed by atoms with Crippen LogP contribution in [0.1, 0.15) is 25.8 Å². The molecule has 1 aromatic rings. The number of amides is 1. The third-order valence-electron chi connectivity index (χ3n) is 3.12. The van der Waals surface area contributed by atoms with E-state index in [1.54, 1.807) is 0 Å². The summed E-state index contributed by atoms with van der Waals surface area (Å²) in [6, 6.07) is 7.64. The molecule has 1 amide bonds. The number of hydrogen-bond donors (Lipinski definition) is 2. The molecule has 1 rings (SSSR count). The number of hydrogen-bond acceptors (Lipinski definition) is 2. The molecule has 0 spiro atoms. The first-order valence-corrected chi connectivity index (χ1v) is 7.02. The van der Waals surface area contributed by atoms with Gasteiger partial charge in [-0.2, -0.15) is 0 Å². The van der Waals surface area contributed by atoms with Gasteiger partial charge < -0.3 is 10.4 Å². The first-order valence-electron chi connectivity index (χ1n) is 6.22. The molecule has 2 unspecified atom stereocenters. The van der Waals surface area contributed by atoms with Crippen LogP contribution in [0.5, 0.6) is 0 Å². The van der Waals surface area contributed by atoms with Crippen molar-refractivity contribution in [1.82, 2.24) is 5.32 Å². The summed E-state index contributed by atoms with van der Waals surface area (Å²) < 4.78 is 0.933. The highest BCUT2D eigenvalue weighted by molar-refractivity contribution is 9.10. The molecule has 0 radical (unpaired) electrons. The van der Waals surface area contributed by atoms with Gasteiger partial charge in [-0.25, -0.2) is 0 Å². The number of carbonyl (C=O) groups is 1. The Balaban J connectivity index is 2.41. The van der Waals surface area contributed by atoms with Gasteiger partial charge in [0.25, 0.3) is 0 Å². The topological polar surface area (TPSA) is 49.3 Å². The number of aliphatic hydroxyl groups excluding tert-OH is 1. The smallest absolute Gasteiger partial charge is 0.224 e. The van der Waals surface area contributed by atoms with Crippen LogP contribution >= 0.6 is 15.9 Å². The normalized spacial score (nSPS) is 14.0. The number of rotatable bonds is 6. The molecule has 0 aliphatic rings. The Hall–Kier alpha value is -0.870. The molecule has 0 saturated carbocycles. The molecule has 2 N–H and O–H groups in total. The van der Waals surface area contributed by atoms with Crippen LogP contribution in [-0.2, 0) is 11.2 Å². The van der Waals surface area contributed by atoms with Gasteiger partial charge in [0.15, 0.2) is 0 Å². The maximum Gasteiger partial charge on any atom is 0.224 e. The molecule has 0 aliphatic heterocycles. The van der Waals surface area contributed by atoms with Gasteiger partial charge in [0.1, 0.15) is 0 Å². The number of nitrogens with one attached hydrogen (secondary N) is 1. The second-order valence-electron chi connectivity index (χ2n) is 4.53. The summed E-state index contributed by atoms with van der Waals surface area (Å²) >= 11 is 3.41. The first-order chi connectivity index (χ1) is 8.54. The van der Waals surface area contributed by atoms with E-state index in [0.29, 0.717) is 13.0 Å². The van der Waals surface area contributed by atoms with E-state index in [-0.39, 0.29) is 11.8 Å². The van der Waals surface area contributed by atoms with Crippen LogP contribution in [0.4, 0.5) is 0 Å². The first kappa shape index (κ1) is 15.2. The lowest BCUT2D eigenvalue weighted by Crippen LogP contribution is -2.36. The highest BCUT2D eigenvalue weighted by atomic mass is 79.9. The van der Waals surface area contributed by atoms with E-state index in [9.17, 15) is 9.90 Å². The molecule has 0 saturated heterocycles. The highest BCUT2D eigenvalue weighted by Gasteiger charge is 2.13. The molecule has 100 valence electrons. The fourth-order valence-corrected chi connectivity index (χ4v) is 1.99. The number of aliphatic hydroxyl groups is 1. The van der Waals surface area contributed by atoms with Crippen molar-refractivity contribution in [2.24, 2.45) is 5.92 Å². The predicted octanol–water partition coefficient (Wildman–Crippen LogP) is 2.51. The van der Waals surface area contributed by atoms with Gasteiger partial charge >= 0.3 is 0 Å². The fraction of sp³-hybridized carbons (Fsp3) is 0.500. The van der Waals surface area contributed by atoms with Gasteiger partial charge in [0, 0.05) is 11.0 Å². The van der Waals surface area contributed by atoms with Crippen molar-refractivity contribution in [3.63, 3.8) is 0 Å². The van der Waals surface area contributed by atoms with E-state index in [2.05, 4.69) is 21.2 Å². The monoisotopic (exact) mass is 313 g/mol. The Morgan fingerprint density at radius 1 is 1.44 bits per heavy atom. The molecule has 3 nitrogen and oxygen atoms in total. The van der Waals surface area contributed by atoms with E-state index < -0.39 is 6.10 Å². The van der Waals surface area contributed by atoms with E-state index in [1.807, 2.05) is 38.1 Å². The SMILES string of the molecule is CCC(C)C(O)CNC(=O)Cc1ccccc1Br. The molecule has 0 fully saturated rings. The Morgan fingerprint density at radius 3 is 2.72 bits per heavy atom. The molecule has 0 aromatic heterocycles. The summed E-state index contributed by atoms with van der Waals surface area (Å²) in [5, 5.41) is 12.5. The maximum absolute atomic E-state index is 11.7. The number of benzene rings is 1. The minimum absolute atomic E-state index is 0.0655. The van der Waals surface area contributed by atoms with Crippen molar-refractivity contribution in [2.45, 2.75) is 32.8 Å². The van der Waals surface area contributed by atoms with Crippen LogP contribution in [-0.4, -0.2) is 23.7 Å². The van der Waals surface area contributed by atoms with Crippen LogP contribution in [0, 0.1) is 5.92 Å². The lowest BCUT2D eigenvalue weighted by Gasteiger charge is -2.17. The van der Waals surface area contributed by atoms with Crippen molar-refractivity contribution in [3.05, 3.63) is 34.3 Å². The average molecular weight is 314 g/mol. The van der Waals surface area contributed by atoms with Crippen LogP contribution in [0.15, 0.2) is 28.7 Å². The van der Waals surface area contributed by atoms with Crippen molar-refractivity contribution >= 4 is 21.8 Å². The maximum atomic E-state index is 11.7. The van der Waals surface area contributed by atoms with Crippen LogP contribution < -0.4 is 5.32 Å². The molecule has 4 heteroatoms. The van der Waals surface area contributed by atoms with Gasteiger partial charge in [-0.05, 0) is 17.5 Å². The average Bonchev–Trinajstić information content (AvgIpc) is 2.37. The predicted molar refractivity (Wildman–Crippen MR) is 76.3 cm³/mol. The molecular weight excluding hydrogens is 294 g/mol. The zero-order valence-electron chi connectivity index (χ0n) is 10.8. The Bertz CT molecular complexity index is 395. The van der Waals surface area contributed by atoms with Gasteiger partial charge in [0.05, 0.1) is 12.5 Å². The number of carbonyl (C=O) groups excluding carboxylic acids is 1. The molecule has 0 heterocycles. The van der Waals surface area contributed by atoms with E-state index >= 15 is 0 Å². The summed E-state index contributed by atoms with van der Waals surface area (Å²) in [4.78, 5) is 11.7. The highest BCUT2D eigenvalue weighted by Crippen LogP contribution is 2.16. The molecule has 2 atom stereocenters. The fourth-order valence-electron chi connectivity index (χ4n) is 1.57. The van der Waals surface area contributed by atoms with Crippen molar-refractivity contribution in [2.75, 3.05) is 6.54 Å². The van der Waals surface area contributed by atoms with Crippen LogP contribution in [0.2, 0.25) is 0 Å². The van der Waals surface area contributed by atoms with Crippen LogP contribution in [0.3, 0.4) is 0 Å². The van der Waals surface area contributed by atoms with Gasteiger partial charge in [-0.1, -0.05) is 54.4 Å². The molecule has 18 heavy (non-hydrogen) atoms. The summed E-state index contributed by atoms with van der Waals surface area (Å²) in [5.41, 5.74) is 0.952. The Kier molecular flexibility index (Phi) is 6.36. The Morgan fingerprint density at radius 2 is 2.11 bits per heavy atom. The van der Waals surface area contributed by atoms with Gasteiger partial charge in [-0.3, -0.25) is 4.79 Å². The molecular formula is C14H20BrNO2. The summed E-state index contributed by atoms with van der Waals surface area (Å²) in [5.74, 6) is 0.137. The quantitative estimate of drug-likeness (QED) is 0.848. The van der Waals surface area contributed by atoms with E-state index in [0.717, 1.165) is 16.5 Å².